The SMILES string of the molecule is Cc1cc(Nn2cccc2)ccc1C#N. The molecular weight excluding hydrogens is 186 g/mol. The molecule has 74 valence electrons. The van der Waals surface area contributed by atoms with Gasteiger partial charge in [-0.3, -0.25) is 10.1 Å². The molecule has 0 radical (unpaired) electrons. The largest absolute Gasteiger partial charge is 0.295 e. The number of aryl methyl sites for hydroxylation is 1. The molecule has 15 heavy (non-hydrogen) atoms. The van der Waals surface area contributed by atoms with Crippen LogP contribution in [0, 0.1) is 18.3 Å². The van der Waals surface area contributed by atoms with Gasteiger partial charge >= 0.3 is 0 Å². The molecule has 0 aliphatic heterocycles. The third-order valence-corrected chi connectivity index (χ3v) is 2.21. The van der Waals surface area contributed by atoms with Gasteiger partial charge in [0.05, 0.1) is 17.3 Å². The average Bonchev–Trinajstić information content (AvgIpc) is 2.71. The standard InChI is InChI=1S/C12H11N3/c1-10-8-12(5-4-11(10)9-13)14-15-6-2-3-7-15/h2-8,14H,1H3. The molecule has 1 aromatic heterocycles. The number of rotatable bonds is 2. The molecule has 0 aliphatic rings. The Morgan fingerprint density at radius 3 is 2.60 bits per heavy atom. The molecular formula is C12H11N3. The van der Waals surface area contributed by atoms with Crippen LogP contribution in [0.2, 0.25) is 0 Å². The number of nitriles is 1. The van der Waals surface area contributed by atoms with E-state index in [4.69, 9.17) is 5.26 Å². The Morgan fingerprint density at radius 1 is 1.27 bits per heavy atom. The number of nitrogens with zero attached hydrogens (tertiary/aromatic N) is 2. The molecule has 0 saturated heterocycles. The number of nitrogens with one attached hydrogen (secondary N) is 1. The summed E-state index contributed by atoms with van der Waals surface area (Å²) in [5.41, 5.74) is 5.85. The van der Waals surface area contributed by atoms with E-state index in [2.05, 4.69) is 11.5 Å². The van der Waals surface area contributed by atoms with Crippen LogP contribution in [0.25, 0.3) is 0 Å². The van der Waals surface area contributed by atoms with E-state index in [1.807, 2.05) is 54.3 Å². The molecule has 1 N–H and O–H groups in total. The van der Waals surface area contributed by atoms with E-state index < -0.39 is 0 Å². The van der Waals surface area contributed by atoms with E-state index in [9.17, 15) is 0 Å². The van der Waals surface area contributed by atoms with Crippen molar-refractivity contribution in [2.24, 2.45) is 0 Å². The fourth-order valence-electron chi connectivity index (χ4n) is 1.42. The molecule has 2 rings (SSSR count). The number of benzene rings is 1. The Kier molecular flexibility index (Phi) is 2.42. The Morgan fingerprint density at radius 2 is 2.00 bits per heavy atom. The van der Waals surface area contributed by atoms with Crippen LogP contribution in [0.5, 0.6) is 0 Å². The third kappa shape index (κ3) is 2.00. The summed E-state index contributed by atoms with van der Waals surface area (Å²) in [5.74, 6) is 0. The zero-order chi connectivity index (χ0) is 10.7. The second kappa shape index (κ2) is 3.89. The van der Waals surface area contributed by atoms with Crippen LogP contribution in [0.3, 0.4) is 0 Å². The lowest BCUT2D eigenvalue weighted by Crippen LogP contribution is -2.05. The van der Waals surface area contributed by atoms with Crippen molar-refractivity contribution < 1.29 is 0 Å². The van der Waals surface area contributed by atoms with Crippen LogP contribution in [-0.4, -0.2) is 4.68 Å². The highest BCUT2D eigenvalue weighted by Gasteiger charge is 1.98. The topological polar surface area (TPSA) is 40.8 Å². The second-order valence-corrected chi connectivity index (χ2v) is 3.34. The van der Waals surface area contributed by atoms with Crippen molar-refractivity contribution in [3.8, 4) is 6.07 Å². The summed E-state index contributed by atoms with van der Waals surface area (Å²) < 4.78 is 1.86. The molecule has 0 atom stereocenters. The minimum Gasteiger partial charge on any atom is -0.295 e. The van der Waals surface area contributed by atoms with E-state index in [0.717, 1.165) is 11.3 Å². The van der Waals surface area contributed by atoms with Gasteiger partial charge in [-0.15, -0.1) is 0 Å². The van der Waals surface area contributed by atoms with Crippen molar-refractivity contribution in [1.29, 1.82) is 5.26 Å². The fourth-order valence-corrected chi connectivity index (χ4v) is 1.42. The van der Waals surface area contributed by atoms with E-state index in [1.54, 1.807) is 0 Å². The smallest absolute Gasteiger partial charge is 0.0994 e. The quantitative estimate of drug-likeness (QED) is 0.803. The summed E-state index contributed by atoms with van der Waals surface area (Å²) in [6.07, 6.45) is 3.85. The van der Waals surface area contributed by atoms with Gasteiger partial charge in [-0.2, -0.15) is 5.26 Å². The predicted molar refractivity (Wildman–Crippen MR) is 59.3 cm³/mol. The van der Waals surface area contributed by atoms with Crippen LogP contribution >= 0.6 is 0 Å². The molecule has 3 nitrogen and oxygen atoms in total. The molecule has 0 bridgehead atoms. The first-order valence-corrected chi connectivity index (χ1v) is 4.70. The third-order valence-electron chi connectivity index (χ3n) is 2.21. The monoisotopic (exact) mass is 197 g/mol. The molecule has 0 unspecified atom stereocenters. The number of anilines is 1. The summed E-state index contributed by atoms with van der Waals surface area (Å²) in [6.45, 7) is 1.93. The van der Waals surface area contributed by atoms with Gasteiger partial charge in [0.1, 0.15) is 0 Å². The van der Waals surface area contributed by atoms with Crippen molar-refractivity contribution >= 4 is 5.69 Å². The lowest BCUT2D eigenvalue weighted by molar-refractivity contribution is 0.970. The van der Waals surface area contributed by atoms with Gasteiger partial charge in [-0.05, 0) is 42.8 Å². The van der Waals surface area contributed by atoms with Crippen molar-refractivity contribution in [3.63, 3.8) is 0 Å². The average molecular weight is 197 g/mol. The molecule has 2 aromatic rings. The summed E-state index contributed by atoms with van der Waals surface area (Å²) in [7, 11) is 0. The van der Waals surface area contributed by atoms with Gasteiger partial charge in [-0.1, -0.05) is 0 Å². The molecule has 0 spiro atoms. The molecule has 0 aliphatic carbocycles. The van der Waals surface area contributed by atoms with Gasteiger partial charge in [-0.25, -0.2) is 0 Å². The van der Waals surface area contributed by atoms with Crippen molar-refractivity contribution in [3.05, 3.63) is 53.9 Å². The van der Waals surface area contributed by atoms with E-state index in [-0.39, 0.29) is 0 Å². The van der Waals surface area contributed by atoms with Crippen molar-refractivity contribution in [2.45, 2.75) is 6.92 Å². The van der Waals surface area contributed by atoms with Crippen molar-refractivity contribution in [1.82, 2.24) is 4.68 Å². The minimum absolute atomic E-state index is 0.716. The summed E-state index contributed by atoms with van der Waals surface area (Å²) in [6, 6.07) is 11.7. The van der Waals surface area contributed by atoms with Gasteiger partial charge in [0.2, 0.25) is 0 Å². The highest BCUT2D eigenvalue weighted by Crippen LogP contribution is 2.14. The molecule has 0 amide bonds. The molecule has 0 saturated carbocycles. The summed E-state index contributed by atoms with van der Waals surface area (Å²) >= 11 is 0. The normalized spacial score (nSPS) is 9.60. The van der Waals surface area contributed by atoms with Crippen LogP contribution in [0.1, 0.15) is 11.1 Å². The summed E-state index contributed by atoms with van der Waals surface area (Å²) in [4.78, 5) is 0. The maximum absolute atomic E-state index is 8.79. The van der Waals surface area contributed by atoms with Crippen LogP contribution in [-0.2, 0) is 0 Å². The molecule has 1 heterocycles. The Hall–Kier alpha value is -2.21. The summed E-state index contributed by atoms with van der Waals surface area (Å²) in [5, 5.41) is 8.79. The van der Waals surface area contributed by atoms with Crippen molar-refractivity contribution in [2.75, 3.05) is 5.43 Å². The Bertz CT molecular complexity index is 492. The first kappa shape index (κ1) is 9.35. The highest BCUT2D eigenvalue weighted by molar-refractivity contribution is 5.51. The van der Waals surface area contributed by atoms with Gasteiger partial charge in [0.25, 0.3) is 0 Å². The second-order valence-electron chi connectivity index (χ2n) is 3.34. The molecule has 3 heteroatoms. The minimum atomic E-state index is 0.716. The van der Waals surface area contributed by atoms with Crippen LogP contribution < -0.4 is 5.43 Å². The molecule has 0 fully saturated rings. The molecule has 1 aromatic carbocycles. The van der Waals surface area contributed by atoms with Crippen LogP contribution in [0.4, 0.5) is 5.69 Å². The number of aromatic nitrogens is 1. The fraction of sp³-hybridized carbons (Fsp3) is 0.0833. The first-order valence-electron chi connectivity index (χ1n) is 4.70. The van der Waals surface area contributed by atoms with Gasteiger partial charge < -0.3 is 0 Å². The lowest BCUT2D eigenvalue weighted by atomic mass is 10.1. The maximum Gasteiger partial charge on any atom is 0.0994 e. The predicted octanol–water partition coefficient (Wildman–Crippen LogP) is 2.54. The maximum atomic E-state index is 8.79. The van der Waals surface area contributed by atoms with Crippen LogP contribution in [0.15, 0.2) is 42.7 Å². The zero-order valence-electron chi connectivity index (χ0n) is 8.44. The first-order chi connectivity index (χ1) is 7.29. The lowest BCUT2D eigenvalue weighted by Gasteiger charge is -2.08. The highest BCUT2D eigenvalue weighted by atomic mass is 15.4. The number of hydrogen-bond donors (Lipinski definition) is 1. The van der Waals surface area contributed by atoms with Gasteiger partial charge in [0, 0.05) is 12.4 Å². The van der Waals surface area contributed by atoms with E-state index >= 15 is 0 Å². The van der Waals surface area contributed by atoms with E-state index in [0.29, 0.717) is 5.56 Å². The number of hydrogen-bond acceptors (Lipinski definition) is 2. The Labute approximate surface area is 88.6 Å². The zero-order valence-corrected chi connectivity index (χ0v) is 8.44. The van der Waals surface area contributed by atoms with E-state index in [1.165, 1.54) is 0 Å². The van der Waals surface area contributed by atoms with Gasteiger partial charge in [0.15, 0.2) is 0 Å². The Balaban J connectivity index is 2.24.